The highest BCUT2D eigenvalue weighted by molar-refractivity contribution is 7.92. The summed E-state index contributed by atoms with van der Waals surface area (Å²) in [7, 11) is -0.718. The maximum Gasteiger partial charge on any atom is 0.253 e. The van der Waals surface area contributed by atoms with Crippen molar-refractivity contribution in [2.45, 2.75) is 19.3 Å². The molecule has 3 aromatic rings. The predicted octanol–water partition coefficient (Wildman–Crippen LogP) is 4.14. The summed E-state index contributed by atoms with van der Waals surface area (Å²) >= 11 is 0. The van der Waals surface area contributed by atoms with Crippen molar-refractivity contribution in [1.29, 1.82) is 0 Å². The van der Waals surface area contributed by atoms with Crippen LogP contribution in [0.1, 0.15) is 28.8 Å². The van der Waals surface area contributed by atoms with E-state index in [-0.39, 0.29) is 36.5 Å². The molecule has 0 aromatic heterocycles. The maximum atomic E-state index is 13.6. The Hall–Kier alpha value is -4.19. The molecule has 0 aliphatic rings. The summed E-state index contributed by atoms with van der Waals surface area (Å²) in [5.74, 6) is -1.90. The Morgan fingerprint density at radius 1 is 0.925 bits per heavy atom. The summed E-state index contributed by atoms with van der Waals surface area (Å²) in [6.07, 6.45) is 1.49. The molecule has 0 saturated carbocycles. The minimum Gasteiger partial charge on any atom is -0.493 e. The monoisotopic (exact) mass is 575 g/mol. The van der Waals surface area contributed by atoms with E-state index in [1.807, 2.05) is 12.1 Å². The lowest BCUT2D eigenvalue weighted by molar-refractivity contribution is -0.116. The number of ether oxygens (including phenoxy) is 2. The predicted molar refractivity (Wildman–Crippen MR) is 148 cm³/mol. The molecular weight excluding hydrogens is 544 g/mol. The smallest absolute Gasteiger partial charge is 0.253 e. The second-order valence-electron chi connectivity index (χ2n) is 8.83. The lowest BCUT2D eigenvalue weighted by Gasteiger charge is -2.22. The van der Waals surface area contributed by atoms with Crippen LogP contribution in [0.4, 0.5) is 20.2 Å². The van der Waals surface area contributed by atoms with Crippen molar-refractivity contribution in [3.8, 4) is 11.5 Å². The fourth-order valence-corrected chi connectivity index (χ4v) is 4.92. The number of hydrogen-bond acceptors (Lipinski definition) is 6. The number of carbonyl (C=O) groups excluding carboxylic acids is 2. The molecule has 3 rings (SSSR count). The standard InChI is InChI=1S/C28H31F2N3O6S/c1-38-25-13-10-19(17-26(25)39-2)14-15-31-28(35)21-7-4-5-8-24(21)32-27(34)9-6-16-33(40(3,36)37)20-11-12-22(29)23(30)18-20/h4-5,7-8,10-13,17-18H,6,9,14-16H2,1-3H3,(H,31,35)(H,32,34). The zero-order valence-corrected chi connectivity index (χ0v) is 23.2. The van der Waals surface area contributed by atoms with Crippen LogP contribution >= 0.6 is 0 Å². The number of sulfonamides is 1. The Morgan fingerprint density at radius 3 is 2.33 bits per heavy atom. The van der Waals surface area contributed by atoms with Crippen LogP contribution < -0.4 is 24.4 Å². The van der Waals surface area contributed by atoms with Gasteiger partial charge >= 0.3 is 0 Å². The first-order chi connectivity index (χ1) is 19.0. The topological polar surface area (TPSA) is 114 Å². The van der Waals surface area contributed by atoms with Gasteiger partial charge in [0.05, 0.1) is 37.4 Å². The lowest BCUT2D eigenvalue weighted by atomic mass is 10.1. The molecule has 0 heterocycles. The third-order valence-corrected chi connectivity index (χ3v) is 7.14. The fourth-order valence-electron chi connectivity index (χ4n) is 3.96. The van der Waals surface area contributed by atoms with Crippen LogP contribution in [0.15, 0.2) is 60.7 Å². The van der Waals surface area contributed by atoms with Gasteiger partial charge in [0.25, 0.3) is 5.91 Å². The SMILES string of the molecule is COc1ccc(CCNC(=O)c2ccccc2NC(=O)CCCN(c2ccc(F)c(F)c2)S(C)(=O)=O)cc1OC. The first-order valence-corrected chi connectivity index (χ1v) is 14.2. The highest BCUT2D eigenvalue weighted by Gasteiger charge is 2.20. The lowest BCUT2D eigenvalue weighted by Crippen LogP contribution is -2.31. The van der Waals surface area contributed by atoms with Crippen molar-refractivity contribution in [3.05, 3.63) is 83.4 Å². The van der Waals surface area contributed by atoms with E-state index in [9.17, 15) is 26.8 Å². The summed E-state index contributed by atoms with van der Waals surface area (Å²) in [5.41, 5.74) is 1.46. The van der Waals surface area contributed by atoms with E-state index in [2.05, 4.69) is 10.6 Å². The fraction of sp³-hybridized carbons (Fsp3) is 0.286. The van der Waals surface area contributed by atoms with Crippen LogP contribution in [0.2, 0.25) is 0 Å². The van der Waals surface area contributed by atoms with Gasteiger partial charge in [0, 0.05) is 25.6 Å². The first-order valence-electron chi connectivity index (χ1n) is 12.3. The van der Waals surface area contributed by atoms with Gasteiger partial charge in [0.2, 0.25) is 15.9 Å². The number of para-hydroxylation sites is 1. The number of anilines is 2. The summed E-state index contributed by atoms with van der Waals surface area (Å²) in [6.45, 7) is 0.206. The summed E-state index contributed by atoms with van der Waals surface area (Å²) < 4.78 is 62.8. The van der Waals surface area contributed by atoms with E-state index >= 15 is 0 Å². The third-order valence-electron chi connectivity index (χ3n) is 5.95. The number of halogens is 2. The largest absolute Gasteiger partial charge is 0.493 e. The van der Waals surface area contributed by atoms with Gasteiger partial charge in [-0.25, -0.2) is 17.2 Å². The minimum atomic E-state index is -3.81. The summed E-state index contributed by atoms with van der Waals surface area (Å²) in [5, 5.41) is 5.52. The normalized spacial score (nSPS) is 11.0. The van der Waals surface area contributed by atoms with Crippen molar-refractivity contribution in [3.63, 3.8) is 0 Å². The number of amides is 2. The van der Waals surface area contributed by atoms with E-state index < -0.39 is 27.6 Å². The van der Waals surface area contributed by atoms with Gasteiger partial charge in [-0.1, -0.05) is 18.2 Å². The first kappa shape index (κ1) is 30.4. The van der Waals surface area contributed by atoms with Crippen molar-refractivity contribution in [1.82, 2.24) is 5.32 Å². The van der Waals surface area contributed by atoms with E-state index in [1.54, 1.807) is 44.6 Å². The zero-order valence-electron chi connectivity index (χ0n) is 22.4. The van der Waals surface area contributed by atoms with Gasteiger partial charge in [0.1, 0.15) is 0 Å². The van der Waals surface area contributed by atoms with E-state index in [1.165, 1.54) is 0 Å². The van der Waals surface area contributed by atoms with E-state index in [0.29, 0.717) is 30.2 Å². The van der Waals surface area contributed by atoms with Crippen LogP contribution in [0.25, 0.3) is 0 Å². The zero-order chi connectivity index (χ0) is 29.3. The highest BCUT2D eigenvalue weighted by Crippen LogP contribution is 2.27. The average molecular weight is 576 g/mol. The summed E-state index contributed by atoms with van der Waals surface area (Å²) in [4.78, 5) is 25.5. The van der Waals surface area contributed by atoms with Crippen LogP contribution in [0, 0.1) is 11.6 Å². The summed E-state index contributed by atoms with van der Waals surface area (Å²) in [6, 6.07) is 14.8. The molecule has 0 fully saturated rings. The number of benzene rings is 3. The molecule has 0 radical (unpaired) electrons. The Morgan fingerprint density at radius 2 is 1.65 bits per heavy atom. The number of rotatable bonds is 13. The highest BCUT2D eigenvalue weighted by atomic mass is 32.2. The van der Waals surface area contributed by atoms with Gasteiger partial charge in [-0.15, -0.1) is 0 Å². The molecule has 0 saturated heterocycles. The number of hydrogen-bond donors (Lipinski definition) is 2. The van der Waals surface area contributed by atoms with Gasteiger partial charge in [-0.2, -0.15) is 0 Å². The molecule has 0 aliphatic carbocycles. The molecule has 3 aromatic carbocycles. The average Bonchev–Trinajstić information content (AvgIpc) is 2.92. The Balaban J connectivity index is 1.57. The third kappa shape index (κ3) is 8.15. The molecule has 40 heavy (non-hydrogen) atoms. The van der Waals surface area contributed by atoms with Gasteiger partial charge in [0.15, 0.2) is 23.1 Å². The Labute approximate surface area is 232 Å². The number of methoxy groups -OCH3 is 2. The molecule has 2 N–H and O–H groups in total. The molecule has 9 nitrogen and oxygen atoms in total. The molecule has 0 spiro atoms. The van der Waals surface area contributed by atoms with Crippen LogP contribution in [0.3, 0.4) is 0 Å². The molecule has 12 heteroatoms. The molecule has 0 atom stereocenters. The number of nitrogens with one attached hydrogen (secondary N) is 2. The van der Waals surface area contributed by atoms with Gasteiger partial charge in [-0.05, 0) is 54.8 Å². The molecule has 0 unspecified atom stereocenters. The van der Waals surface area contributed by atoms with Crippen LogP contribution in [0.5, 0.6) is 11.5 Å². The van der Waals surface area contributed by atoms with Crippen LogP contribution in [-0.4, -0.2) is 53.8 Å². The van der Waals surface area contributed by atoms with Gasteiger partial charge < -0.3 is 20.1 Å². The van der Waals surface area contributed by atoms with Crippen molar-refractivity contribution < 1.29 is 36.3 Å². The van der Waals surface area contributed by atoms with Gasteiger partial charge in [-0.3, -0.25) is 13.9 Å². The quantitative estimate of drug-likeness (QED) is 0.317. The maximum absolute atomic E-state index is 13.6. The molecule has 2 amide bonds. The second-order valence-corrected chi connectivity index (χ2v) is 10.7. The molecule has 214 valence electrons. The van der Waals surface area contributed by atoms with Crippen molar-refractivity contribution in [2.75, 3.05) is 43.2 Å². The molecule has 0 aliphatic heterocycles. The van der Waals surface area contributed by atoms with Crippen molar-refractivity contribution >= 4 is 33.2 Å². The van der Waals surface area contributed by atoms with E-state index in [0.717, 1.165) is 34.3 Å². The molecule has 0 bridgehead atoms. The number of nitrogens with zero attached hydrogens (tertiary/aromatic N) is 1. The Bertz CT molecular complexity index is 1470. The second kappa shape index (κ2) is 13.7. The van der Waals surface area contributed by atoms with Crippen LogP contribution in [-0.2, 0) is 21.2 Å². The van der Waals surface area contributed by atoms with E-state index in [4.69, 9.17) is 9.47 Å². The number of carbonyl (C=O) groups is 2. The Kier molecular flexibility index (Phi) is 10.4. The molecular formula is C28H31F2N3O6S. The minimum absolute atomic E-state index is 0.0445. The van der Waals surface area contributed by atoms with Crippen molar-refractivity contribution in [2.24, 2.45) is 0 Å².